The topological polar surface area (TPSA) is 72.2 Å². The molecule has 3 rings (SSSR count). The molecular weight excluding hydrogens is 344 g/mol. The first-order chi connectivity index (χ1) is 11.7. The van der Waals surface area contributed by atoms with Crippen molar-refractivity contribution in [3.05, 3.63) is 62.4 Å². The summed E-state index contributed by atoms with van der Waals surface area (Å²) in [5, 5.41) is 6.56. The molecule has 2 heterocycles. The zero-order chi connectivity index (χ0) is 16.9. The Balaban J connectivity index is 1.64. The average Bonchev–Trinajstić information content (AvgIpc) is 3.02. The van der Waals surface area contributed by atoms with Crippen molar-refractivity contribution >= 4 is 40.0 Å². The van der Waals surface area contributed by atoms with Crippen molar-refractivity contribution in [2.24, 2.45) is 0 Å². The molecule has 0 radical (unpaired) electrons. The molecule has 0 saturated carbocycles. The summed E-state index contributed by atoms with van der Waals surface area (Å²) in [6.45, 7) is 0.424. The van der Waals surface area contributed by atoms with Gasteiger partial charge in [0.1, 0.15) is 16.2 Å². The van der Waals surface area contributed by atoms with Crippen LogP contribution in [0.4, 0.5) is 0 Å². The highest BCUT2D eigenvalue weighted by atomic mass is 32.2. The second kappa shape index (κ2) is 7.63. The van der Waals surface area contributed by atoms with Crippen LogP contribution >= 0.6 is 23.1 Å². The molecule has 0 aliphatic rings. The number of aromatic nitrogens is 1. The molecule has 0 spiro atoms. The molecule has 24 heavy (non-hydrogen) atoms. The summed E-state index contributed by atoms with van der Waals surface area (Å²) in [6, 6.07) is 8.68. The third-order valence-electron chi connectivity index (χ3n) is 3.42. The molecule has 2 aromatic heterocycles. The smallest absolute Gasteiger partial charge is 0.349 e. The number of amides is 1. The lowest BCUT2D eigenvalue weighted by atomic mass is 10.2. The molecule has 0 bridgehead atoms. The molecule has 5 nitrogen and oxygen atoms in total. The molecule has 0 fully saturated rings. The van der Waals surface area contributed by atoms with E-state index in [0.717, 1.165) is 21.8 Å². The molecule has 0 aliphatic heterocycles. The third-order valence-corrected chi connectivity index (χ3v) is 5.06. The predicted molar refractivity (Wildman–Crippen MR) is 97.9 cm³/mol. The second-order valence-electron chi connectivity index (χ2n) is 5.16. The van der Waals surface area contributed by atoms with Gasteiger partial charge in [-0.05, 0) is 18.4 Å². The Bertz CT molecular complexity index is 917. The normalized spacial score (nSPS) is 10.9. The van der Waals surface area contributed by atoms with Crippen molar-refractivity contribution in [1.29, 1.82) is 0 Å². The maximum absolute atomic E-state index is 12.2. The van der Waals surface area contributed by atoms with Crippen LogP contribution in [0.1, 0.15) is 21.1 Å². The van der Waals surface area contributed by atoms with Crippen LogP contribution < -0.4 is 10.9 Å². The van der Waals surface area contributed by atoms with Gasteiger partial charge in [-0.15, -0.1) is 11.3 Å². The molecule has 0 saturated heterocycles. The van der Waals surface area contributed by atoms with E-state index < -0.39 is 11.5 Å². The Morgan fingerprint density at radius 3 is 3.04 bits per heavy atom. The number of hydrogen-bond acceptors (Lipinski definition) is 6. The molecule has 7 heteroatoms. The number of carbonyl (C=O) groups excluding carboxylic acids is 1. The van der Waals surface area contributed by atoms with Crippen molar-refractivity contribution in [1.82, 2.24) is 10.3 Å². The van der Waals surface area contributed by atoms with Gasteiger partial charge in [0.2, 0.25) is 0 Å². The predicted octanol–water partition coefficient (Wildman–Crippen LogP) is 3.09. The Morgan fingerprint density at radius 2 is 2.21 bits per heavy atom. The van der Waals surface area contributed by atoms with Crippen LogP contribution in [-0.2, 0) is 12.2 Å². The van der Waals surface area contributed by atoms with E-state index in [1.807, 2.05) is 17.7 Å². The van der Waals surface area contributed by atoms with E-state index in [4.69, 9.17) is 4.42 Å². The van der Waals surface area contributed by atoms with Crippen molar-refractivity contribution in [2.75, 3.05) is 12.8 Å². The fraction of sp³-hybridized carbons (Fsp3) is 0.235. The van der Waals surface area contributed by atoms with Gasteiger partial charge in [-0.25, -0.2) is 9.78 Å². The van der Waals surface area contributed by atoms with E-state index >= 15 is 0 Å². The largest absolute Gasteiger partial charge is 0.422 e. The number of hydrogen-bond donors (Lipinski definition) is 1. The maximum atomic E-state index is 12.2. The number of carbonyl (C=O) groups is 1. The zero-order valence-electron chi connectivity index (χ0n) is 13.1. The summed E-state index contributed by atoms with van der Waals surface area (Å²) < 4.78 is 5.18. The molecule has 3 aromatic rings. The van der Waals surface area contributed by atoms with E-state index in [2.05, 4.69) is 10.3 Å². The Morgan fingerprint density at radius 1 is 1.38 bits per heavy atom. The third kappa shape index (κ3) is 3.85. The van der Waals surface area contributed by atoms with E-state index in [1.165, 1.54) is 0 Å². The van der Waals surface area contributed by atoms with Crippen molar-refractivity contribution < 1.29 is 9.21 Å². The van der Waals surface area contributed by atoms with Crippen LogP contribution in [0.5, 0.6) is 0 Å². The monoisotopic (exact) mass is 360 g/mol. The van der Waals surface area contributed by atoms with Crippen molar-refractivity contribution in [2.45, 2.75) is 12.2 Å². The maximum Gasteiger partial charge on any atom is 0.349 e. The summed E-state index contributed by atoms with van der Waals surface area (Å²) in [5.74, 6) is 0.476. The van der Waals surface area contributed by atoms with Gasteiger partial charge in [-0.1, -0.05) is 18.2 Å². The second-order valence-corrected chi connectivity index (χ2v) is 6.97. The minimum absolute atomic E-state index is 0.0232. The first kappa shape index (κ1) is 16.7. The number of benzene rings is 1. The number of nitrogens with one attached hydrogen (secondary N) is 1. The van der Waals surface area contributed by atoms with Crippen LogP contribution in [-0.4, -0.2) is 23.7 Å². The summed E-state index contributed by atoms with van der Waals surface area (Å²) in [5.41, 5.74) is 0.829. The summed E-state index contributed by atoms with van der Waals surface area (Å²) in [6.07, 6.45) is 2.67. The quantitative estimate of drug-likeness (QED) is 0.684. The van der Waals surface area contributed by atoms with Gasteiger partial charge in [-0.3, -0.25) is 4.79 Å². The Labute approximate surface area is 147 Å². The average molecular weight is 360 g/mol. The fourth-order valence-electron chi connectivity index (χ4n) is 2.27. The number of thiazole rings is 1. The van der Waals surface area contributed by atoms with Crippen molar-refractivity contribution in [3.8, 4) is 0 Å². The Hall–Kier alpha value is -2.12. The summed E-state index contributed by atoms with van der Waals surface area (Å²) >= 11 is 3.35. The molecular formula is C17H16N2O3S2. The number of nitrogens with zero attached hydrogens (tertiary/aromatic N) is 1. The van der Waals surface area contributed by atoms with Crippen molar-refractivity contribution in [3.63, 3.8) is 0 Å². The van der Waals surface area contributed by atoms with E-state index in [0.29, 0.717) is 18.5 Å². The van der Waals surface area contributed by atoms with Gasteiger partial charge in [-0.2, -0.15) is 11.8 Å². The number of para-hydroxylation sites is 1. The van der Waals surface area contributed by atoms with E-state index in [9.17, 15) is 9.59 Å². The van der Waals surface area contributed by atoms with Gasteiger partial charge < -0.3 is 9.73 Å². The number of rotatable bonds is 6. The molecule has 124 valence electrons. The van der Waals surface area contributed by atoms with Gasteiger partial charge in [0, 0.05) is 29.5 Å². The fourth-order valence-corrected chi connectivity index (χ4v) is 3.82. The zero-order valence-corrected chi connectivity index (χ0v) is 14.7. The first-order valence-corrected chi connectivity index (χ1v) is 9.68. The van der Waals surface area contributed by atoms with Crippen LogP contribution in [0.3, 0.4) is 0 Å². The van der Waals surface area contributed by atoms with Crippen LogP contribution in [0.15, 0.2) is 44.9 Å². The van der Waals surface area contributed by atoms with Gasteiger partial charge in [0.05, 0.1) is 5.69 Å². The SMILES string of the molecule is CSCc1nc(CCNC(=O)c2cc3ccccc3oc2=O)cs1. The molecule has 0 unspecified atom stereocenters. The highest BCUT2D eigenvalue weighted by Crippen LogP contribution is 2.15. The Kier molecular flexibility index (Phi) is 5.32. The molecule has 1 aromatic carbocycles. The standard InChI is InChI=1S/C17H16N2O3S2/c1-23-10-15-19-12(9-24-15)6-7-18-16(20)13-8-11-4-2-3-5-14(11)22-17(13)21/h2-5,8-9H,6-7,10H2,1H3,(H,18,20). The lowest BCUT2D eigenvalue weighted by Gasteiger charge is -2.04. The molecule has 0 aliphatic carbocycles. The van der Waals surface area contributed by atoms with Gasteiger partial charge >= 0.3 is 5.63 Å². The molecule has 1 amide bonds. The number of thioether (sulfide) groups is 1. The lowest BCUT2D eigenvalue weighted by molar-refractivity contribution is 0.0950. The minimum atomic E-state index is -0.623. The first-order valence-electron chi connectivity index (χ1n) is 7.40. The number of fused-ring (bicyclic) bond motifs is 1. The molecule has 1 N–H and O–H groups in total. The summed E-state index contributed by atoms with van der Waals surface area (Å²) in [7, 11) is 0. The molecule has 0 atom stereocenters. The minimum Gasteiger partial charge on any atom is -0.422 e. The van der Waals surface area contributed by atoms with Gasteiger partial charge in [0.15, 0.2) is 0 Å². The highest BCUT2D eigenvalue weighted by molar-refractivity contribution is 7.97. The van der Waals surface area contributed by atoms with Crippen LogP contribution in [0.2, 0.25) is 0 Å². The highest BCUT2D eigenvalue weighted by Gasteiger charge is 2.13. The van der Waals surface area contributed by atoms with Crippen LogP contribution in [0, 0.1) is 0 Å². The summed E-state index contributed by atoms with van der Waals surface area (Å²) in [4.78, 5) is 28.7. The van der Waals surface area contributed by atoms with Gasteiger partial charge in [0.25, 0.3) is 5.91 Å². The van der Waals surface area contributed by atoms with Crippen LogP contribution in [0.25, 0.3) is 11.0 Å². The lowest BCUT2D eigenvalue weighted by Crippen LogP contribution is -2.29. The van der Waals surface area contributed by atoms with E-state index in [1.54, 1.807) is 47.4 Å². The van der Waals surface area contributed by atoms with E-state index in [-0.39, 0.29) is 5.56 Å².